The minimum absolute atomic E-state index is 0.265. The van der Waals surface area contributed by atoms with Crippen LogP contribution in [0.4, 0.5) is 5.69 Å². The number of anilines is 1. The predicted octanol–water partition coefficient (Wildman–Crippen LogP) is 0.281. The van der Waals surface area contributed by atoms with Gasteiger partial charge in [-0.3, -0.25) is 9.59 Å². The summed E-state index contributed by atoms with van der Waals surface area (Å²) in [5, 5.41) is 3.96. The molecule has 0 aliphatic carbocycles. The molecule has 0 spiro atoms. The van der Waals surface area contributed by atoms with E-state index in [1.165, 1.54) is 16.9 Å². The molecule has 0 aliphatic rings. The first-order chi connectivity index (χ1) is 8.97. The van der Waals surface area contributed by atoms with Gasteiger partial charge in [0.1, 0.15) is 0 Å². The number of hydrogen-bond donors (Lipinski definition) is 2. The Labute approximate surface area is 109 Å². The smallest absolute Gasteiger partial charge is 0.269 e. The largest absolute Gasteiger partial charge is 0.397 e. The first-order valence-corrected chi connectivity index (χ1v) is 5.69. The summed E-state index contributed by atoms with van der Waals surface area (Å²) in [6.07, 6.45) is 1.43. The van der Waals surface area contributed by atoms with E-state index in [2.05, 4.69) is 5.10 Å². The molecule has 19 heavy (non-hydrogen) atoms. The third-order valence-electron chi connectivity index (χ3n) is 2.84. The second-order valence-corrected chi connectivity index (χ2v) is 4.29. The molecule has 2 rings (SSSR count). The van der Waals surface area contributed by atoms with E-state index in [9.17, 15) is 9.59 Å². The molecule has 0 bridgehead atoms. The van der Waals surface area contributed by atoms with Crippen LogP contribution in [0.25, 0.3) is 0 Å². The highest BCUT2D eigenvalue weighted by Crippen LogP contribution is 2.11. The average molecular weight is 258 g/mol. The third-order valence-corrected chi connectivity index (χ3v) is 2.84. The first-order valence-electron chi connectivity index (χ1n) is 5.69. The van der Waals surface area contributed by atoms with Gasteiger partial charge in [-0.25, -0.2) is 4.68 Å². The summed E-state index contributed by atoms with van der Waals surface area (Å²) >= 11 is 0. The Morgan fingerprint density at radius 3 is 2.68 bits per heavy atom. The Bertz CT molecular complexity index is 691. The van der Waals surface area contributed by atoms with Crippen LogP contribution in [0.2, 0.25) is 0 Å². The maximum Gasteiger partial charge on any atom is 0.269 e. The average Bonchev–Trinajstić information content (AvgIpc) is 2.34. The maximum atomic E-state index is 11.7. The van der Waals surface area contributed by atoms with Crippen molar-refractivity contribution in [2.75, 3.05) is 5.73 Å². The van der Waals surface area contributed by atoms with Crippen LogP contribution in [-0.4, -0.2) is 15.7 Å². The van der Waals surface area contributed by atoms with Gasteiger partial charge in [-0.1, -0.05) is 6.07 Å². The maximum absolute atomic E-state index is 11.7. The number of carbonyl (C=O) groups excluding carboxylic acids is 1. The zero-order chi connectivity index (χ0) is 14.0. The van der Waals surface area contributed by atoms with E-state index in [4.69, 9.17) is 11.5 Å². The van der Waals surface area contributed by atoms with Crippen LogP contribution in [0.1, 0.15) is 21.5 Å². The SMILES string of the molecule is Cc1cc(C(N)=O)ccc1Cn1ncc(N)cc1=O. The monoisotopic (exact) mass is 258 g/mol. The number of primary amides is 1. The van der Waals surface area contributed by atoms with E-state index in [0.717, 1.165) is 11.1 Å². The Kier molecular flexibility index (Phi) is 3.33. The van der Waals surface area contributed by atoms with Gasteiger partial charge in [0.15, 0.2) is 0 Å². The topological polar surface area (TPSA) is 104 Å². The van der Waals surface area contributed by atoms with Crippen LogP contribution < -0.4 is 17.0 Å². The Balaban J connectivity index is 2.33. The molecule has 0 fully saturated rings. The van der Waals surface area contributed by atoms with Crippen molar-refractivity contribution >= 4 is 11.6 Å². The predicted molar refractivity (Wildman–Crippen MR) is 71.7 cm³/mol. The van der Waals surface area contributed by atoms with Crippen LogP contribution in [0.5, 0.6) is 0 Å². The van der Waals surface area contributed by atoms with Crippen molar-refractivity contribution in [3.05, 3.63) is 57.5 Å². The summed E-state index contributed by atoms with van der Waals surface area (Å²) in [5.41, 5.74) is 13.0. The molecule has 1 amide bonds. The van der Waals surface area contributed by atoms with Crippen molar-refractivity contribution in [1.82, 2.24) is 9.78 Å². The van der Waals surface area contributed by atoms with Crippen molar-refractivity contribution in [3.63, 3.8) is 0 Å². The molecule has 2 aromatic rings. The molecule has 1 aromatic heterocycles. The van der Waals surface area contributed by atoms with Crippen LogP contribution in [-0.2, 0) is 6.54 Å². The Hall–Kier alpha value is -2.63. The standard InChI is InChI=1S/C13H14N4O2/c1-8-4-9(13(15)19)2-3-10(8)7-17-12(18)5-11(14)6-16-17/h2-6H,7,14H2,1H3,(H2,15,19). The van der Waals surface area contributed by atoms with Gasteiger partial charge >= 0.3 is 0 Å². The Morgan fingerprint density at radius 2 is 2.11 bits per heavy atom. The molecule has 6 heteroatoms. The number of nitrogens with two attached hydrogens (primary N) is 2. The van der Waals surface area contributed by atoms with Gasteiger partial charge in [0, 0.05) is 11.6 Å². The zero-order valence-corrected chi connectivity index (χ0v) is 10.5. The molecular formula is C13H14N4O2. The van der Waals surface area contributed by atoms with E-state index in [0.29, 0.717) is 17.8 Å². The summed E-state index contributed by atoms with van der Waals surface area (Å²) in [4.78, 5) is 22.7. The molecule has 4 N–H and O–H groups in total. The minimum atomic E-state index is -0.475. The second kappa shape index (κ2) is 4.93. The van der Waals surface area contributed by atoms with Crippen LogP contribution in [0.3, 0.4) is 0 Å². The summed E-state index contributed by atoms with van der Waals surface area (Å²) < 4.78 is 1.31. The molecule has 0 saturated heterocycles. The van der Waals surface area contributed by atoms with Crippen molar-refractivity contribution in [1.29, 1.82) is 0 Å². The fourth-order valence-corrected chi connectivity index (χ4v) is 1.75. The summed E-state index contributed by atoms with van der Waals surface area (Å²) in [7, 11) is 0. The summed E-state index contributed by atoms with van der Waals surface area (Å²) in [5.74, 6) is -0.475. The number of benzene rings is 1. The number of nitrogens with zero attached hydrogens (tertiary/aromatic N) is 2. The van der Waals surface area contributed by atoms with Gasteiger partial charge in [0.2, 0.25) is 5.91 Å². The van der Waals surface area contributed by atoms with E-state index in [-0.39, 0.29) is 5.56 Å². The fraction of sp³-hybridized carbons (Fsp3) is 0.154. The molecule has 98 valence electrons. The molecule has 0 saturated carbocycles. The fourth-order valence-electron chi connectivity index (χ4n) is 1.75. The highest BCUT2D eigenvalue weighted by Gasteiger charge is 2.06. The molecule has 0 atom stereocenters. The highest BCUT2D eigenvalue weighted by molar-refractivity contribution is 5.93. The quantitative estimate of drug-likeness (QED) is 0.825. The van der Waals surface area contributed by atoms with Gasteiger partial charge in [-0.2, -0.15) is 5.10 Å². The van der Waals surface area contributed by atoms with Gasteiger partial charge in [0.05, 0.1) is 18.4 Å². The lowest BCUT2D eigenvalue weighted by atomic mass is 10.0. The number of hydrogen-bond acceptors (Lipinski definition) is 4. The van der Waals surface area contributed by atoms with Gasteiger partial charge in [-0.15, -0.1) is 0 Å². The lowest BCUT2D eigenvalue weighted by molar-refractivity contribution is 0.1000. The van der Waals surface area contributed by atoms with E-state index >= 15 is 0 Å². The zero-order valence-electron chi connectivity index (χ0n) is 10.5. The molecular weight excluding hydrogens is 244 g/mol. The van der Waals surface area contributed by atoms with Crippen molar-refractivity contribution in [3.8, 4) is 0 Å². The van der Waals surface area contributed by atoms with E-state index < -0.39 is 5.91 Å². The minimum Gasteiger partial charge on any atom is -0.397 e. The number of carbonyl (C=O) groups is 1. The number of amides is 1. The second-order valence-electron chi connectivity index (χ2n) is 4.29. The number of aryl methyl sites for hydroxylation is 1. The molecule has 0 radical (unpaired) electrons. The lowest BCUT2D eigenvalue weighted by Gasteiger charge is -2.08. The molecule has 0 aliphatic heterocycles. The first kappa shape index (κ1) is 12.8. The molecule has 0 unspecified atom stereocenters. The van der Waals surface area contributed by atoms with E-state index in [1.807, 2.05) is 6.92 Å². The van der Waals surface area contributed by atoms with E-state index in [1.54, 1.807) is 18.2 Å². The van der Waals surface area contributed by atoms with Crippen LogP contribution in [0.15, 0.2) is 35.3 Å². The van der Waals surface area contributed by atoms with Crippen LogP contribution in [0, 0.1) is 6.92 Å². The van der Waals surface area contributed by atoms with Gasteiger partial charge in [0.25, 0.3) is 5.56 Å². The number of nitrogen functional groups attached to an aromatic ring is 1. The molecule has 1 aromatic carbocycles. The van der Waals surface area contributed by atoms with Crippen molar-refractivity contribution in [2.24, 2.45) is 5.73 Å². The van der Waals surface area contributed by atoms with Gasteiger partial charge in [-0.05, 0) is 30.2 Å². The van der Waals surface area contributed by atoms with Crippen molar-refractivity contribution in [2.45, 2.75) is 13.5 Å². The summed E-state index contributed by atoms with van der Waals surface area (Å²) in [6.45, 7) is 2.17. The summed E-state index contributed by atoms with van der Waals surface area (Å²) in [6, 6.07) is 6.41. The molecule has 6 nitrogen and oxygen atoms in total. The molecule has 1 heterocycles. The normalized spacial score (nSPS) is 10.4. The number of rotatable bonds is 3. The van der Waals surface area contributed by atoms with Crippen LogP contribution >= 0.6 is 0 Å². The lowest BCUT2D eigenvalue weighted by Crippen LogP contribution is -2.23. The third kappa shape index (κ3) is 2.79. The van der Waals surface area contributed by atoms with Gasteiger partial charge < -0.3 is 11.5 Å². The number of aromatic nitrogens is 2. The van der Waals surface area contributed by atoms with Crippen molar-refractivity contribution < 1.29 is 4.79 Å². The Morgan fingerprint density at radius 1 is 1.37 bits per heavy atom. The highest BCUT2D eigenvalue weighted by atomic mass is 16.1.